The minimum absolute atomic E-state index is 0.939. The molecule has 0 aliphatic carbocycles. The van der Waals surface area contributed by atoms with Gasteiger partial charge >= 0.3 is 83.9 Å². The van der Waals surface area contributed by atoms with Crippen molar-refractivity contribution in [1.82, 2.24) is 2.04 Å². The molecule has 0 rings (SSSR count). The van der Waals surface area contributed by atoms with Gasteiger partial charge in [-0.3, -0.25) is 0 Å². The molecule has 0 saturated carbocycles. The molecule has 0 bridgehead atoms. The first-order valence-electron chi connectivity index (χ1n) is 3.67. The second-order valence-corrected chi connectivity index (χ2v) is 19.9. The predicted molar refractivity (Wildman–Crippen MR) is 54.3 cm³/mol. The van der Waals surface area contributed by atoms with Crippen molar-refractivity contribution in [2.75, 3.05) is 0 Å². The third-order valence-corrected chi connectivity index (χ3v) is 23.7. The van der Waals surface area contributed by atoms with Crippen LogP contribution in [0, 0.1) is 0 Å². The average Bonchev–Trinajstić information content (AvgIpc) is 1.59. The molecule has 3 radical (unpaired) electrons. The zero-order valence-electron chi connectivity index (χ0n) is 7.95. The van der Waals surface area contributed by atoms with E-state index in [1.54, 1.807) is 0 Å². The van der Waals surface area contributed by atoms with E-state index in [0.29, 0.717) is 0 Å². The Labute approximate surface area is 83.5 Å². The van der Waals surface area contributed by atoms with Crippen LogP contribution in [-0.2, 0) is 0 Å². The Balaban J connectivity index is 4.23. The van der Waals surface area contributed by atoms with Crippen molar-refractivity contribution in [3.8, 4) is 0 Å². The Bertz CT molecular complexity index is 99.9. The normalized spacial score (nSPS) is 14.4. The molecule has 0 unspecified atom stereocenters. The molecule has 1 nitrogen and oxygen atoms in total. The third-order valence-electron chi connectivity index (χ3n) is 1.34. The van der Waals surface area contributed by atoms with Crippen LogP contribution in [0.2, 0.25) is 39.3 Å². The number of hydrogen-bond donors (Lipinski definition) is 0. The molecule has 0 saturated heterocycles. The Morgan fingerprint density at radius 1 is 0.800 bits per heavy atom. The standard InChI is InChI=1S/C6H18NSi2.Pb/c1-8(2,3)7-9(4,5)6;/h1-6H3;/q-1;+1. The number of rotatable bonds is 2. The summed E-state index contributed by atoms with van der Waals surface area (Å²) in [5, 5.41) is 0. The molecule has 0 aliphatic rings. The molecule has 0 aliphatic heterocycles. The van der Waals surface area contributed by atoms with Gasteiger partial charge in [-0.25, -0.2) is 0 Å². The first-order chi connectivity index (χ1) is 4.15. The van der Waals surface area contributed by atoms with Crippen LogP contribution < -0.4 is 0 Å². The summed E-state index contributed by atoms with van der Waals surface area (Å²) in [5.74, 6) is 0. The average molecular weight is 368 g/mol. The Kier molecular flexibility index (Phi) is 3.81. The molecule has 59 valence electrons. The Morgan fingerprint density at radius 2 is 1.00 bits per heavy atom. The van der Waals surface area contributed by atoms with E-state index in [-0.39, 0.29) is 0 Å². The SMILES string of the molecule is C[Si](C)(C)[N]([Pb])[Si](C)(C)C. The number of hydrogen-bond acceptors (Lipinski definition) is 1. The monoisotopic (exact) mass is 368 g/mol. The second-order valence-electron chi connectivity index (χ2n) is 4.68. The van der Waals surface area contributed by atoms with Crippen molar-refractivity contribution >= 4 is 42.5 Å². The van der Waals surface area contributed by atoms with E-state index in [1.165, 1.54) is 26.1 Å². The summed E-state index contributed by atoms with van der Waals surface area (Å²) in [6.45, 7) is 14.7. The van der Waals surface area contributed by atoms with E-state index in [0.717, 1.165) is 0 Å². The van der Waals surface area contributed by atoms with Crippen LogP contribution in [0.3, 0.4) is 0 Å². The zero-order chi connectivity index (χ0) is 8.58. The van der Waals surface area contributed by atoms with Crippen LogP contribution in [-0.4, -0.2) is 44.6 Å². The quantitative estimate of drug-likeness (QED) is 0.675. The fourth-order valence-corrected chi connectivity index (χ4v) is 9.06. The van der Waals surface area contributed by atoms with Gasteiger partial charge in [0.25, 0.3) is 0 Å². The summed E-state index contributed by atoms with van der Waals surface area (Å²) in [6, 6.07) is 0. The zero-order valence-corrected chi connectivity index (χ0v) is 13.8. The molecule has 0 atom stereocenters. The van der Waals surface area contributed by atoms with Crippen LogP contribution >= 0.6 is 0 Å². The van der Waals surface area contributed by atoms with E-state index in [2.05, 4.69) is 41.3 Å². The van der Waals surface area contributed by atoms with Gasteiger partial charge in [-0.05, 0) is 0 Å². The molecule has 10 heavy (non-hydrogen) atoms. The molecule has 0 aromatic heterocycles. The molecule has 0 aromatic carbocycles. The summed E-state index contributed by atoms with van der Waals surface area (Å²) in [6.07, 6.45) is 0. The fourth-order valence-electron chi connectivity index (χ4n) is 1.01. The van der Waals surface area contributed by atoms with Gasteiger partial charge in [0.1, 0.15) is 0 Å². The van der Waals surface area contributed by atoms with Gasteiger partial charge in [0.15, 0.2) is 0 Å². The molecule has 0 heterocycles. The maximum atomic E-state index is 2.79. The molecule has 0 N–H and O–H groups in total. The Hall–Kier alpha value is 1.32. The van der Waals surface area contributed by atoms with E-state index < -0.39 is 16.5 Å². The van der Waals surface area contributed by atoms with Gasteiger partial charge in [-0.2, -0.15) is 0 Å². The predicted octanol–water partition coefficient (Wildman–Crippen LogP) is 2.04. The van der Waals surface area contributed by atoms with Crippen molar-refractivity contribution in [3.63, 3.8) is 0 Å². The van der Waals surface area contributed by atoms with Crippen molar-refractivity contribution in [2.45, 2.75) is 39.3 Å². The van der Waals surface area contributed by atoms with Gasteiger partial charge in [-0.1, -0.05) is 0 Å². The fraction of sp³-hybridized carbons (Fsp3) is 1.00. The second kappa shape index (κ2) is 3.36. The Morgan fingerprint density at radius 3 is 1.00 bits per heavy atom. The molecule has 0 aromatic rings. The van der Waals surface area contributed by atoms with E-state index in [1.807, 2.05) is 0 Å². The first kappa shape index (κ1) is 11.3. The van der Waals surface area contributed by atoms with Crippen molar-refractivity contribution in [3.05, 3.63) is 0 Å². The minimum atomic E-state index is -0.939. The van der Waals surface area contributed by atoms with Gasteiger partial charge in [-0.15, -0.1) is 0 Å². The van der Waals surface area contributed by atoms with E-state index in [9.17, 15) is 0 Å². The van der Waals surface area contributed by atoms with Crippen LogP contribution in [0.15, 0.2) is 0 Å². The summed E-state index contributed by atoms with van der Waals surface area (Å²) < 4.78 is 2.79. The van der Waals surface area contributed by atoms with Gasteiger partial charge in [0.2, 0.25) is 0 Å². The van der Waals surface area contributed by atoms with Gasteiger partial charge in [0, 0.05) is 0 Å². The van der Waals surface area contributed by atoms with Gasteiger partial charge < -0.3 is 0 Å². The van der Waals surface area contributed by atoms with Crippen molar-refractivity contribution in [2.24, 2.45) is 0 Å². The van der Waals surface area contributed by atoms with E-state index in [4.69, 9.17) is 0 Å². The molecule has 4 heteroatoms. The summed E-state index contributed by atoms with van der Waals surface area (Å²) in [5.41, 5.74) is 0. The summed E-state index contributed by atoms with van der Waals surface area (Å²) in [4.78, 5) is 0. The van der Waals surface area contributed by atoms with Crippen LogP contribution in [0.25, 0.3) is 0 Å². The molecule has 0 spiro atoms. The van der Waals surface area contributed by atoms with Gasteiger partial charge in [0.05, 0.1) is 0 Å². The first-order valence-corrected chi connectivity index (χ1v) is 12.3. The molecular weight excluding hydrogens is 349 g/mol. The van der Waals surface area contributed by atoms with Crippen LogP contribution in [0.4, 0.5) is 0 Å². The maximum absolute atomic E-state index is 2.79. The number of nitrogens with zero attached hydrogens (tertiary/aromatic N) is 1. The van der Waals surface area contributed by atoms with Crippen LogP contribution in [0.5, 0.6) is 0 Å². The summed E-state index contributed by atoms with van der Waals surface area (Å²) in [7, 11) is -1.88. The topological polar surface area (TPSA) is 3.24 Å². The van der Waals surface area contributed by atoms with Crippen LogP contribution in [0.1, 0.15) is 0 Å². The van der Waals surface area contributed by atoms with Crippen molar-refractivity contribution < 1.29 is 0 Å². The third kappa shape index (κ3) is 3.63. The molecule has 0 amide bonds. The van der Waals surface area contributed by atoms with Crippen molar-refractivity contribution in [1.29, 1.82) is 0 Å². The summed E-state index contributed by atoms with van der Waals surface area (Å²) >= 11 is 1.26. The van der Waals surface area contributed by atoms with E-state index >= 15 is 0 Å². The molecular formula is C6H18NPbSi2. The molecule has 0 fully saturated rings.